The number of aliphatic hydroxyl groups excluding tert-OH is 1. The highest BCUT2D eigenvalue weighted by molar-refractivity contribution is 9.10. The fraction of sp³-hybridized carbons (Fsp3) is 0.318. The molecule has 1 N–H and O–H groups in total. The number of ether oxygens (including phenoxy) is 2. The molecule has 6 heteroatoms. The number of halogens is 1. The Hall–Kier alpha value is -2.15. The maximum absolute atomic E-state index is 12.5. The molecule has 0 fully saturated rings. The Bertz CT molecular complexity index is 831. The van der Waals surface area contributed by atoms with Gasteiger partial charge in [0.15, 0.2) is 5.76 Å². The number of benzene rings is 2. The van der Waals surface area contributed by atoms with Gasteiger partial charge in [0, 0.05) is 30.9 Å². The largest absolute Gasteiger partial charge is 0.459 e. The molecule has 5 nitrogen and oxygen atoms in total. The summed E-state index contributed by atoms with van der Waals surface area (Å²) < 4.78 is 12.8. The van der Waals surface area contributed by atoms with Crippen molar-refractivity contribution in [1.82, 2.24) is 4.90 Å². The minimum atomic E-state index is -0.518. The monoisotopic (exact) mass is 445 g/mol. The molecule has 2 atom stereocenters. The van der Waals surface area contributed by atoms with E-state index in [1.807, 2.05) is 54.6 Å². The number of carbonyl (C=O) groups excluding carboxylic acids is 1. The smallest absolute Gasteiger partial charge is 0.288 e. The van der Waals surface area contributed by atoms with Crippen LogP contribution in [0.3, 0.4) is 0 Å². The summed E-state index contributed by atoms with van der Waals surface area (Å²) in [4.78, 5) is 14.0. The Kier molecular flexibility index (Phi) is 6.88. The standard InChI is InChI=1S/C22H24BrNO4/c1-24(2)22(26)20-11-18(17-7-9-19(23)10-8-17)12-21(28-20)27-14-16-5-3-15(13-25)4-6-16/h3-11,18,21,25H,12-14H2,1-2H3/t18-,21+/m0/s1. The van der Waals surface area contributed by atoms with Crippen LogP contribution in [0, 0.1) is 0 Å². The molecule has 1 aliphatic rings. The molecule has 1 heterocycles. The lowest BCUT2D eigenvalue weighted by Crippen LogP contribution is -2.32. The number of rotatable bonds is 6. The van der Waals surface area contributed by atoms with E-state index in [1.165, 1.54) is 4.90 Å². The average molecular weight is 446 g/mol. The second-order valence-corrected chi connectivity index (χ2v) is 7.87. The predicted octanol–water partition coefficient (Wildman–Crippen LogP) is 3.96. The SMILES string of the molecule is CN(C)C(=O)C1=C[C@H](c2ccc(Br)cc2)C[C@H](OCc2ccc(CO)cc2)O1. The van der Waals surface area contributed by atoms with Crippen LogP contribution in [0.2, 0.25) is 0 Å². The first-order valence-electron chi connectivity index (χ1n) is 9.12. The number of allylic oxidation sites excluding steroid dienone is 1. The molecule has 1 aliphatic heterocycles. The van der Waals surface area contributed by atoms with Gasteiger partial charge in [-0.05, 0) is 34.9 Å². The van der Waals surface area contributed by atoms with E-state index in [-0.39, 0.29) is 18.4 Å². The molecule has 0 aromatic heterocycles. The molecule has 28 heavy (non-hydrogen) atoms. The molecule has 0 aliphatic carbocycles. The van der Waals surface area contributed by atoms with Crippen molar-refractivity contribution in [1.29, 1.82) is 0 Å². The maximum Gasteiger partial charge on any atom is 0.288 e. The maximum atomic E-state index is 12.5. The Balaban J connectivity index is 1.74. The second-order valence-electron chi connectivity index (χ2n) is 6.96. The van der Waals surface area contributed by atoms with Crippen LogP contribution in [0.1, 0.15) is 29.0 Å². The first kappa shape index (κ1) is 20.6. The number of carbonyl (C=O) groups is 1. The van der Waals surface area contributed by atoms with E-state index in [4.69, 9.17) is 14.6 Å². The number of likely N-dealkylation sites (N-methyl/N-ethyl adjacent to an activating group) is 1. The fourth-order valence-corrected chi connectivity index (χ4v) is 3.27. The highest BCUT2D eigenvalue weighted by Crippen LogP contribution is 2.32. The minimum absolute atomic E-state index is 0.0164. The van der Waals surface area contributed by atoms with Crippen LogP contribution in [0.4, 0.5) is 0 Å². The zero-order valence-corrected chi connectivity index (χ0v) is 17.6. The Morgan fingerprint density at radius 2 is 1.79 bits per heavy atom. The Morgan fingerprint density at radius 3 is 2.39 bits per heavy atom. The van der Waals surface area contributed by atoms with Crippen molar-refractivity contribution < 1.29 is 19.4 Å². The topological polar surface area (TPSA) is 59.0 Å². The summed E-state index contributed by atoms with van der Waals surface area (Å²) in [6, 6.07) is 15.6. The Morgan fingerprint density at radius 1 is 1.14 bits per heavy atom. The molecular weight excluding hydrogens is 422 g/mol. The van der Waals surface area contributed by atoms with Gasteiger partial charge in [-0.15, -0.1) is 0 Å². The van der Waals surface area contributed by atoms with Crippen molar-refractivity contribution in [2.45, 2.75) is 31.8 Å². The number of aliphatic hydroxyl groups is 1. The zero-order valence-electron chi connectivity index (χ0n) is 16.0. The third-order valence-corrected chi connectivity index (χ3v) is 5.14. The van der Waals surface area contributed by atoms with Crippen molar-refractivity contribution in [2.75, 3.05) is 14.1 Å². The fourth-order valence-electron chi connectivity index (χ4n) is 3.00. The lowest BCUT2D eigenvalue weighted by Gasteiger charge is -2.30. The first-order chi connectivity index (χ1) is 13.5. The number of amides is 1. The van der Waals surface area contributed by atoms with Gasteiger partial charge >= 0.3 is 0 Å². The first-order valence-corrected chi connectivity index (χ1v) is 9.91. The van der Waals surface area contributed by atoms with Crippen LogP contribution in [0.15, 0.2) is 64.8 Å². The van der Waals surface area contributed by atoms with Gasteiger partial charge < -0.3 is 19.5 Å². The van der Waals surface area contributed by atoms with Crippen LogP contribution < -0.4 is 0 Å². The molecule has 0 radical (unpaired) electrons. The number of nitrogens with zero attached hydrogens (tertiary/aromatic N) is 1. The third-order valence-electron chi connectivity index (χ3n) is 4.61. The van der Waals surface area contributed by atoms with E-state index in [0.717, 1.165) is 21.2 Å². The minimum Gasteiger partial charge on any atom is -0.459 e. The summed E-state index contributed by atoms with van der Waals surface area (Å²) >= 11 is 3.46. The lowest BCUT2D eigenvalue weighted by atomic mass is 9.93. The van der Waals surface area contributed by atoms with Crippen molar-refractivity contribution >= 4 is 21.8 Å². The molecule has 3 rings (SSSR count). The Labute approximate surface area is 173 Å². The normalized spacial score (nSPS) is 18.9. The molecular formula is C22H24BrNO4. The van der Waals surface area contributed by atoms with E-state index in [1.54, 1.807) is 14.1 Å². The van der Waals surface area contributed by atoms with Crippen LogP contribution in [0.5, 0.6) is 0 Å². The third kappa shape index (κ3) is 5.22. The van der Waals surface area contributed by atoms with Crippen molar-refractivity contribution in [3.05, 3.63) is 81.5 Å². The summed E-state index contributed by atoms with van der Waals surface area (Å²) in [6.07, 6.45) is 1.98. The van der Waals surface area contributed by atoms with Crippen molar-refractivity contribution in [3.8, 4) is 0 Å². The van der Waals surface area contributed by atoms with Crippen LogP contribution in [0.25, 0.3) is 0 Å². The second kappa shape index (κ2) is 9.37. The van der Waals surface area contributed by atoms with E-state index < -0.39 is 6.29 Å². The van der Waals surface area contributed by atoms with Gasteiger partial charge in [0.1, 0.15) is 0 Å². The zero-order chi connectivity index (χ0) is 20.1. The van der Waals surface area contributed by atoms with Crippen LogP contribution in [-0.2, 0) is 27.5 Å². The molecule has 148 valence electrons. The van der Waals surface area contributed by atoms with E-state index >= 15 is 0 Å². The number of hydrogen-bond acceptors (Lipinski definition) is 4. The predicted molar refractivity (Wildman–Crippen MR) is 110 cm³/mol. The van der Waals surface area contributed by atoms with Crippen molar-refractivity contribution in [3.63, 3.8) is 0 Å². The van der Waals surface area contributed by atoms with Crippen LogP contribution in [-0.4, -0.2) is 36.3 Å². The average Bonchev–Trinajstić information content (AvgIpc) is 2.72. The molecule has 0 saturated carbocycles. The van der Waals surface area contributed by atoms with E-state index in [2.05, 4.69) is 15.9 Å². The highest BCUT2D eigenvalue weighted by atomic mass is 79.9. The van der Waals surface area contributed by atoms with Gasteiger partial charge in [0.25, 0.3) is 5.91 Å². The van der Waals surface area contributed by atoms with Crippen molar-refractivity contribution in [2.24, 2.45) is 0 Å². The summed E-state index contributed by atoms with van der Waals surface area (Å²) in [5.41, 5.74) is 2.95. The summed E-state index contributed by atoms with van der Waals surface area (Å²) in [5.74, 6) is 0.162. The summed E-state index contributed by atoms with van der Waals surface area (Å²) in [7, 11) is 3.41. The molecule has 0 bridgehead atoms. The molecule has 0 spiro atoms. The molecule has 0 unspecified atom stereocenters. The van der Waals surface area contributed by atoms with Gasteiger partial charge in [-0.1, -0.05) is 52.3 Å². The quantitative estimate of drug-likeness (QED) is 0.730. The summed E-state index contributed by atoms with van der Waals surface area (Å²) in [5, 5.41) is 9.15. The van der Waals surface area contributed by atoms with Gasteiger partial charge in [-0.2, -0.15) is 0 Å². The van der Waals surface area contributed by atoms with Gasteiger partial charge in [-0.25, -0.2) is 0 Å². The van der Waals surface area contributed by atoms with E-state index in [0.29, 0.717) is 18.8 Å². The van der Waals surface area contributed by atoms with Gasteiger partial charge in [-0.3, -0.25) is 4.79 Å². The molecule has 0 saturated heterocycles. The van der Waals surface area contributed by atoms with Crippen LogP contribution >= 0.6 is 15.9 Å². The lowest BCUT2D eigenvalue weighted by molar-refractivity contribution is -0.154. The molecule has 1 amide bonds. The van der Waals surface area contributed by atoms with Gasteiger partial charge in [0.2, 0.25) is 6.29 Å². The number of hydrogen-bond donors (Lipinski definition) is 1. The highest BCUT2D eigenvalue weighted by Gasteiger charge is 2.29. The van der Waals surface area contributed by atoms with Gasteiger partial charge in [0.05, 0.1) is 13.2 Å². The summed E-state index contributed by atoms with van der Waals surface area (Å²) in [6.45, 7) is 0.384. The molecule has 2 aromatic rings. The van der Waals surface area contributed by atoms with E-state index in [9.17, 15) is 4.79 Å². The molecule has 2 aromatic carbocycles.